The third kappa shape index (κ3) is 2.43. The summed E-state index contributed by atoms with van der Waals surface area (Å²) in [7, 11) is -2.93. The second-order valence-electron chi connectivity index (χ2n) is 3.22. The van der Waals surface area contributed by atoms with Gasteiger partial charge in [0, 0.05) is 22.9 Å². The van der Waals surface area contributed by atoms with Gasteiger partial charge in [-0.25, -0.2) is 8.42 Å². The summed E-state index contributed by atoms with van der Waals surface area (Å²) in [6.07, 6.45) is 1.71. The summed E-state index contributed by atoms with van der Waals surface area (Å²) in [6.45, 7) is 0.738. The van der Waals surface area contributed by atoms with E-state index >= 15 is 0 Å². The van der Waals surface area contributed by atoms with E-state index in [-0.39, 0.29) is 11.8 Å². The molecule has 1 aliphatic rings. The van der Waals surface area contributed by atoms with E-state index in [9.17, 15) is 8.42 Å². The molecule has 0 fully saturated rings. The van der Waals surface area contributed by atoms with Crippen molar-refractivity contribution in [3.05, 3.63) is 33.9 Å². The van der Waals surface area contributed by atoms with Gasteiger partial charge in [-0.2, -0.15) is 0 Å². The Labute approximate surface area is 87.4 Å². The summed E-state index contributed by atoms with van der Waals surface area (Å²) < 4.78 is 22.2. The fourth-order valence-electron chi connectivity index (χ4n) is 1.35. The normalized spacial score (nSPS) is 24.1. The van der Waals surface area contributed by atoms with Gasteiger partial charge >= 0.3 is 0 Å². The number of hydrogen-bond donors (Lipinski definition) is 1. The van der Waals surface area contributed by atoms with Crippen LogP contribution < -0.4 is 5.32 Å². The molecule has 1 aliphatic heterocycles. The average Bonchev–Trinajstić information content (AvgIpc) is 2.70. The lowest BCUT2D eigenvalue weighted by molar-refractivity contribution is 0.591. The first-order valence-corrected chi connectivity index (χ1v) is 6.92. The maximum absolute atomic E-state index is 11.1. The Morgan fingerprint density at radius 1 is 1.57 bits per heavy atom. The molecule has 2 heterocycles. The quantitative estimate of drug-likeness (QED) is 0.845. The maximum Gasteiger partial charge on any atom is 0.173 e. The van der Waals surface area contributed by atoms with Crippen LogP contribution in [0.1, 0.15) is 4.88 Å². The van der Waals surface area contributed by atoms with E-state index < -0.39 is 9.84 Å². The highest BCUT2D eigenvalue weighted by molar-refractivity contribution is 7.94. The zero-order chi connectivity index (χ0) is 10.0. The van der Waals surface area contributed by atoms with Crippen LogP contribution in [0.2, 0.25) is 0 Å². The van der Waals surface area contributed by atoms with Gasteiger partial charge in [0.05, 0.1) is 5.75 Å². The molecule has 14 heavy (non-hydrogen) atoms. The highest BCUT2D eigenvalue weighted by Crippen LogP contribution is 2.11. The van der Waals surface area contributed by atoms with Crippen molar-refractivity contribution < 1.29 is 8.42 Å². The van der Waals surface area contributed by atoms with Gasteiger partial charge in [-0.05, 0) is 11.4 Å². The van der Waals surface area contributed by atoms with Crippen molar-refractivity contribution in [2.24, 2.45) is 0 Å². The third-order valence-electron chi connectivity index (χ3n) is 2.05. The molecule has 1 N–H and O–H groups in total. The average molecular weight is 229 g/mol. The number of sulfone groups is 1. The summed E-state index contributed by atoms with van der Waals surface area (Å²) in [5, 5.41) is 6.49. The van der Waals surface area contributed by atoms with Crippen molar-refractivity contribution >= 4 is 21.2 Å². The molecule has 0 radical (unpaired) electrons. The van der Waals surface area contributed by atoms with Crippen LogP contribution in [-0.2, 0) is 16.4 Å². The molecule has 1 atom stereocenters. The largest absolute Gasteiger partial charge is 0.305 e. The van der Waals surface area contributed by atoms with E-state index in [1.807, 2.05) is 17.5 Å². The SMILES string of the molecule is O=S1(=O)C=CC(NCc2cccs2)C1. The van der Waals surface area contributed by atoms with Gasteiger partial charge < -0.3 is 5.32 Å². The van der Waals surface area contributed by atoms with Crippen LogP contribution in [0.4, 0.5) is 0 Å². The maximum atomic E-state index is 11.1. The molecule has 76 valence electrons. The number of rotatable bonds is 3. The summed E-state index contributed by atoms with van der Waals surface area (Å²) in [5.41, 5.74) is 0. The molecule has 0 amide bonds. The lowest BCUT2D eigenvalue weighted by Gasteiger charge is -2.07. The molecule has 0 saturated carbocycles. The Kier molecular flexibility index (Phi) is 2.71. The van der Waals surface area contributed by atoms with Crippen LogP contribution in [0, 0.1) is 0 Å². The van der Waals surface area contributed by atoms with Crippen molar-refractivity contribution in [2.45, 2.75) is 12.6 Å². The zero-order valence-corrected chi connectivity index (χ0v) is 9.14. The minimum atomic E-state index is -2.93. The first-order chi connectivity index (χ1) is 6.66. The fourth-order valence-corrected chi connectivity index (χ4v) is 3.27. The Hall–Kier alpha value is -0.650. The lowest BCUT2D eigenvalue weighted by Crippen LogP contribution is -2.29. The van der Waals surface area contributed by atoms with E-state index in [2.05, 4.69) is 5.32 Å². The predicted molar refractivity (Wildman–Crippen MR) is 57.9 cm³/mol. The van der Waals surface area contributed by atoms with Crippen molar-refractivity contribution in [1.82, 2.24) is 5.32 Å². The Morgan fingerprint density at radius 3 is 3.00 bits per heavy atom. The predicted octanol–water partition coefficient (Wildman–Crippen LogP) is 1.15. The fraction of sp³-hybridized carbons (Fsp3) is 0.333. The smallest absolute Gasteiger partial charge is 0.173 e. The molecule has 0 aliphatic carbocycles. The highest BCUT2D eigenvalue weighted by Gasteiger charge is 2.20. The number of thiophene rings is 1. The first-order valence-electron chi connectivity index (χ1n) is 4.32. The second-order valence-corrected chi connectivity index (χ2v) is 6.19. The van der Waals surface area contributed by atoms with Crippen LogP contribution in [0.3, 0.4) is 0 Å². The highest BCUT2D eigenvalue weighted by atomic mass is 32.2. The zero-order valence-electron chi connectivity index (χ0n) is 7.51. The Balaban J connectivity index is 1.87. The van der Waals surface area contributed by atoms with Gasteiger partial charge in [0.15, 0.2) is 9.84 Å². The molecule has 0 bridgehead atoms. The third-order valence-corrected chi connectivity index (χ3v) is 4.32. The van der Waals surface area contributed by atoms with Gasteiger partial charge in [0.1, 0.15) is 0 Å². The molecular formula is C9H11NO2S2. The van der Waals surface area contributed by atoms with Crippen LogP contribution in [0.25, 0.3) is 0 Å². The summed E-state index contributed by atoms with van der Waals surface area (Å²) in [4.78, 5) is 1.22. The van der Waals surface area contributed by atoms with Crippen LogP contribution >= 0.6 is 11.3 Å². The number of hydrogen-bond acceptors (Lipinski definition) is 4. The standard InChI is InChI=1S/C9H11NO2S2/c11-14(12)5-3-8(7-14)10-6-9-2-1-4-13-9/h1-5,8,10H,6-7H2. The molecule has 1 unspecified atom stereocenters. The van der Waals surface area contributed by atoms with E-state index in [4.69, 9.17) is 0 Å². The molecular weight excluding hydrogens is 218 g/mol. The van der Waals surface area contributed by atoms with E-state index in [0.29, 0.717) is 0 Å². The molecule has 1 aromatic heterocycles. The monoisotopic (exact) mass is 229 g/mol. The first kappa shape index (κ1) is 9.89. The molecule has 0 aromatic carbocycles. The van der Waals surface area contributed by atoms with Gasteiger partial charge in [0.25, 0.3) is 0 Å². The minimum Gasteiger partial charge on any atom is -0.305 e. The van der Waals surface area contributed by atoms with E-state index in [1.165, 1.54) is 10.3 Å². The topological polar surface area (TPSA) is 46.2 Å². The van der Waals surface area contributed by atoms with Crippen molar-refractivity contribution in [3.63, 3.8) is 0 Å². The molecule has 1 aromatic rings. The number of nitrogens with one attached hydrogen (secondary N) is 1. The van der Waals surface area contributed by atoms with Gasteiger partial charge in [0.2, 0.25) is 0 Å². The second kappa shape index (κ2) is 3.84. The Bertz CT molecular complexity index is 420. The van der Waals surface area contributed by atoms with Gasteiger partial charge in [-0.3, -0.25) is 0 Å². The van der Waals surface area contributed by atoms with Crippen LogP contribution in [-0.4, -0.2) is 20.2 Å². The molecule has 2 rings (SSSR count). The molecule has 0 spiro atoms. The summed E-state index contributed by atoms with van der Waals surface area (Å²) in [5.74, 6) is 0.193. The summed E-state index contributed by atoms with van der Waals surface area (Å²) >= 11 is 1.67. The van der Waals surface area contributed by atoms with Crippen LogP contribution in [0.5, 0.6) is 0 Å². The van der Waals surface area contributed by atoms with Gasteiger partial charge in [-0.15, -0.1) is 11.3 Å². The molecule has 5 heteroatoms. The van der Waals surface area contributed by atoms with Crippen molar-refractivity contribution in [3.8, 4) is 0 Å². The minimum absolute atomic E-state index is 0.0258. The van der Waals surface area contributed by atoms with Gasteiger partial charge in [-0.1, -0.05) is 12.1 Å². The van der Waals surface area contributed by atoms with Crippen molar-refractivity contribution in [1.29, 1.82) is 0 Å². The lowest BCUT2D eigenvalue weighted by atomic mass is 10.3. The van der Waals surface area contributed by atoms with Crippen LogP contribution in [0.15, 0.2) is 29.0 Å². The Morgan fingerprint density at radius 2 is 2.43 bits per heavy atom. The van der Waals surface area contributed by atoms with E-state index in [0.717, 1.165) is 6.54 Å². The molecule has 3 nitrogen and oxygen atoms in total. The summed E-state index contributed by atoms with van der Waals surface area (Å²) in [6, 6.07) is 4.00. The van der Waals surface area contributed by atoms with Crippen molar-refractivity contribution in [2.75, 3.05) is 5.75 Å². The molecule has 0 saturated heterocycles. The van der Waals surface area contributed by atoms with E-state index in [1.54, 1.807) is 17.4 Å².